The fraction of sp³-hybridized carbons (Fsp3) is 0.500. The summed E-state index contributed by atoms with van der Waals surface area (Å²) in [7, 11) is 0. The van der Waals surface area contributed by atoms with E-state index < -0.39 is 5.91 Å². The summed E-state index contributed by atoms with van der Waals surface area (Å²) in [5, 5.41) is 2.98. The van der Waals surface area contributed by atoms with Crippen molar-refractivity contribution < 1.29 is 14.3 Å². The van der Waals surface area contributed by atoms with Gasteiger partial charge in [-0.25, -0.2) is 0 Å². The van der Waals surface area contributed by atoms with Crippen molar-refractivity contribution in [1.82, 2.24) is 9.47 Å². The summed E-state index contributed by atoms with van der Waals surface area (Å²) in [5.41, 5.74) is 2.76. The predicted molar refractivity (Wildman–Crippen MR) is 133 cm³/mol. The molecule has 4 rings (SSSR count). The zero-order valence-corrected chi connectivity index (χ0v) is 20.5. The number of ether oxygens (including phenoxy) is 1. The highest BCUT2D eigenvalue weighted by Crippen LogP contribution is 2.35. The van der Waals surface area contributed by atoms with Gasteiger partial charge in [-0.05, 0) is 56.0 Å². The molecule has 8 heteroatoms. The summed E-state index contributed by atoms with van der Waals surface area (Å²) in [6.45, 7) is 11.8. The molecule has 0 spiro atoms. The Balaban J connectivity index is 1.68. The van der Waals surface area contributed by atoms with E-state index in [9.17, 15) is 14.4 Å². The van der Waals surface area contributed by atoms with E-state index in [0.717, 1.165) is 17.7 Å². The van der Waals surface area contributed by atoms with Gasteiger partial charge in [0, 0.05) is 44.0 Å². The standard InChI is InChI=1S/C26H34N4O4/c1-17(2)7-9-29-16-19-14-22(23(15-21(19)25(29)32)28-10-12-34-13-11-28)27-24(31)20-6-5-8-30(18(3)4)26(20)33/h5-6,8,14-15,17-18H,7,9-13,16H2,1-4H3,(H,27,31). The Labute approximate surface area is 200 Å². The summed E-state index contributed by atoms with van der Waals surface area (Å²) in [5.74, 6) is 0.0948. The van der Waals surface area contributed by atoms with Gasteiger partial charge in [0.1, 0.15) is 5.56 Å². The molecule has 1 fully saturated rings. The van der Waals surface area contributed by atoms with Gasteiger partial charge in [-0.15, -0.1) is 0 Å². The molecule has 2 aliphatic rings. The number of aromatic nitrogens is 1. The molecule has 2 amide bonds. The number of nitrogens with one attached hydrogen (secondary N) is 1. The lowest BCUT2D eigenvalue weighted by atomic mass is 10.1. The van der Waals surface area contributed by atoms with Gasteiger partial charge in [0.2, 0.25) is 0 Å². The van der Waals surface area contributed by atoms with Crippen LogP contribution >= 0.6 is 0 Å². The Morgan fingerprint density at radius 2 is 1.85 bits per heavy atom. The Morgan fingerprint density at radius 3 is 2.53 bits per heavy atom. The quantitative estimate of drug-likeness (QED) is 0.675. The molecule has 0 unspecified atom stereocenters. The first kappa shape index (κ1) is 24.0. The van der Waals surface area contributed by atoms with E-state index in [1.165, 1.54) is 0 Å². The minimum atomic E-state index is -0.449. The lowest BCUT2D eigenvalue weighted by molar-refractivity contribution is 0.0771. The maximum absolute atomic E-state index is 13.2. The number of hydrogen-bond acceptors (Lipinski definition) is 5. The number of rotatable bonds is 7. The Bertz CT molecular complexity index is 1130. The maximum atomic E-state index is 13.2. The summed E-state index contributed by atoms with van der Waals surface area (Å²) in [6.07, 6.45) is 2.63. The van der Waals surface area contributed by atoms with E-state index in [-0.39, 0.29) is 23.1 Å². The first-order chi connectivity index (χ1) is 16.3. The molecule has 2 aliphatic heterocycles. The van der Waals surface area contributed by atoms with Gasteiger partial charge in [0.15, 0.2) is 0 Å². The Kier molecular flexibility index (Phi) is 7.07. The Morgan fingerprint density at radius 1 is 1.12 bits per heavy atom. The zero-order chi connectivity index (χ0) is 24.4. The number of anilines is 2. The van der Waals surface area contributed by atoms with Crippen LogP contribution in [0.2, 0.25) is 0 Å². The first-order valence-corrected chi connectivity index (χ1v) is 12.1. The van der Waals surface area contributed by atoms with E-state index in [1.807, 2.05) is 30.9 Å². The largest absolute Gasteiger partial charge is 0.378 e. The van der Waals surface area contributed by atoms with Crippen LogP contribution in [-0.2, 0) is 11.3 Å². The highest BCUT2D eigenvalue weighted by molar-refractivity contribution is 6.07. The van der Waals surface area contributed by atoms with Crippen molar-refractivity contribution in [3.63, 3.8) is 0 Å². The van der Waals surface area contributed by atoms with Crippen molar-refractivity contribution in [3.8, 4) is 0 Å². The zero-order valence-electron chi connectivity index (χ0n) is 20.5. The minimum Gasteiger partial charge on any atom is -0.378 e. The number of carbonyl (C=O) groups is 2. The molecule has 1 aromatic carbocycles. The van der Waals surface area contributed by atoms with Gasteiger partial charge >= 0.3 is 0 Å². The topological polar surface area (TPSA) is 83.9 Å². The molecule has 0 saturated carbocycles. The molecular weight excluding hydrogens is 432 g/mol. The lowest BCUT2D eigenvalue weighted by Gasteiger charge is -2.31. The molecule has 0 atom stereocenters. The third kappa shape index (κ3) is 4.87. The predicted octanol–water partition coefficient (Wildman–Crippen LogP) is 3.52. The minimum absolute atomic E-state index is 0.0333. The van der Waals surface area contributed by atoms with Crippen molar-refractivity contribution in [2.45, 2.75) is 46.7 Å². The van der Waals surface area contributed by atoms with E-state index in [4.69, 9.17) is 4.74 Å². The van der Waals surface area contributed by atoms with Crippen molar-refractivity contribution in [2.24, 2.45) is 5.92 Å². The van der Waals surface area contributed by atoms with Crippen molar-refractivity contribution >= 4 is 23.2 Å². The van der Waals surface area contributed by atoms with E-state index in [0.29, 0.717) is 56.6 Å². The molecule has 1 saturated heterocycles. The van der Waals surface area contributed by atoms with E-state index in [1.54, 1.807) is 22.9 Å². The monoisotopic (exact) mass is 466 g/mol. The average molecular weight is 467 g/mol. The third-order valence-corrected chi connectivity index (χ3v) is 6.45. The SMILES string of the molecule is CC(C)CCN1Cc2cc(NC(=O)c3cccn(C(C)C)c3=O)c(N3CCOCC3)cc2C1=O. The van der Waals surface area contributed by atoms with Gasteiger partial charge in [0.05, 0.1) is 24.6 Å². The van der Waals surface area contributed by atoms with Gasteiger partial charge < -0.3 is 24.4 Å². The van der Waals surface area contributed by atoms with Crippen LogP contribution in [0, 0.1) is 5.92 Å². The fourth-order valence-corrected chi connectivity index (χ4v) is 4.45. The molecule has 182 valence electrons. The van der Waals surface area contributed by atoms with Crippen LogP contribution < -0.4 is 15.8 Å². The average Bonchev–Trinajstić information content (AvgIpc) is 3.12. The van der Waals surface area contributed by atoms with Gasteiger partial charge in [-0.2, -0.15) is 0 Å². The molecule has 0 bridgehead atoms. The molecular formula is C26H34N4O4. The van der Waals surface area contributed by atoms with Crippen LogP contribution in [0.25, 0.3) is 0 Å². The number of nitrogens with zero attached hydrogens (tertiary/aromatic N) is 3. The molecule has 1 aromatic heterocycles. The highest BCUT2D eigenvalue weighted by atomic mass is 16.5. The molecule has 2 aromatic rings. The number of morpholine rings is 1. The van der Waals surface area contributed by atoms with Crippen molar-refractivity contribution in [1.29, 1.82) is 0 Å². The Hall–Kier alpha value is -3.13. The molecule has 1 N–H and O–H groups in total. The van der Waals surface area contributed by atoms with Crippen LogP contribution in [0.15, 0.2) is 35.3 Å². The number of carbonyl (C=O) groups excluding carboxylic acids is 2. The summed E-state index contributed by atoms with van der Waals surface area (Å²) in [4.78, 5) is 43.2. The first-order valence-electron chi connectivity index (χ1n) is 12.1. The normalized spacial score (nSPS) is 15.9. The molecule has 8 nitrogen and oxygen atoms in total. The molecule has 0 aliphatic carbocycles. The number of pyridine rings is 1. The number of fused-ring (bicyclic) bond motifs is 1. The van der Waals surface area contributed by atoms with Gasteiger partial charge in [-0.3, -0.25) is 14.4 Å². The number of benzene rings is 1. The van der Waals surface area contributed by atoms with Gasteiger partial charge in [-0.1, -0.05) is 13.8 Å². The maximum Gasteiger partial charge on any atom is 0.263 e. The molecule has 3 heterocycles. The van der Waals surface area contributed by atoms with Crippen molar-refractivity contribution in [2.75, 3.05) is 43.1 Å². The van der Waals surface area contributed by atoms with Crippen LogP contribution in [-0.4, -0.2) is 54.1 Å². The molecule has 0 radical (unpaired) electrons. The van der Waals surface area contributed by atoms with Gasteiger partial charge in [0.25, 0.3) is 17.4 Å². The van der Waals surface area contributed by atoms with E-state index in [2.05, 4.69) is 24.1 Å². The second-order valence-electron chi connectivity index (χ2n) is 9.72. The highest BCUT2D eigenvalue weighted by Gasteiger charge is 2.30. The second kappa shape index (κ2) is 10.0. The van der Waals surface area contributed by atoms with Crippen LogP contribution in [0.5, 0.6) is 0 Å². The van der Waals surface area contributed by atoms with Crippen LogP contribution in [0.1, 0.15) is 66.4 Å². The molecule has 34 heavy (non-hydrogen) atoms. The number of amides is 2. The van der Waals surface area contributed by atoms with Crippen molar-refractivity contribution in [3.05, 3.63) is 57.5 Å². The second-order valence-corrected chi connectivity index (χ2v) is 9.72. The number of hydrogen-bond donors (Lipinski definition) is 1. The third-order valence-electron chi connectivity index (χ3n) is 6.45. The summed E-state index contributed by atoms with van der Waals surface area (Å²) in [6, 6.07) is 7.01. The van der Waals surface area contributed by atoms with E-state index >= 15 is 0 Å². The lowest BCUT2D eigenvalue weighted by Crippen LogP contribution is -2.37. The van der Waals surface area contributed by atoms with Crippen LogP contribution in [0.3, 0.4) is 0 Å². The smallest absolute Gasteiger partial charge is 0.263 e. The summed E-state index contributed by atoms with van der Waals surface area (Å²) < 4.78 is 7.05. The fourth-order valence-electron chi connectivity index (χ4n) is 4.45. The van der Waals surface area contributed by atoms with Crippen LogP contribution in [0.4, 0.5) is 11.4 Å². The summed E-state index contributed by atoms with van der Waals surface area (Å²) >= 11 is 0.